The van der Waals surface area contributed by atoms with E-state index in [2.05, 4.69) is 11.9 Å². The van der Waals surface area contributed by atoms with Gasteiger partial charge in [-0.05, 0) is 48.6 Å². The van der Waals surface area contributed by atoms with E-state index in [-0.39, 0.29) is 22.9 Å². The maximum Gasteiger partial charge on any atom is 0.416 e. The summed E-state index contributed by atoms with van der Waals surface area (Å²) in [7, 11) is 0. The minimum atomic E-state index is -4.48. The van der Waals surface area contributed by atoms with Crippen LogP contribution in [-0.2, 0) is 15.8 Å². The van der Waals surface area contributed by atoms with Crippen LogP contribution in [0, 0.1) is 0 Å². The van der Waals surface area contributed by atoms with Crippen molar-refractivity contribution in [3.63, 3.8) is 0 Å². The zero-order valence-corrected chi connectivity index (χ0v) is 15.2. The quantitative estimate of drug-likeness (QED) is 0.368. The second kappa shape index (κ2) is 7.43. The molecule has 1 aromatic heterocycles. The summed E-state index contributed by atoms with van der Waals surface area (Å²) in [6.07, 6.45) is -0.165. The van der Waals surface area contributed by atoms with Crippen LogP contribution in [0.4, 0.5) is 13.2 Å². The molecule has 9 heteroatoms. The zero-order chi connectivity index (χ0) is 20.5. The van der Waals surface area contributed by atoms with E-state index in [1.807, 2.05) is 0 Å². The number of benzene rings is 1. The largest absolute Gasteiger partial charge is 0.416 e. The number of amides is 2. The highest BCUT2D eigenvalue weighted by molar-refractivity contribution is 7.80. The molecule has 0 aliphatic carbocycles. The molecule has 2 aromatic rings. The molecule has 144 valence electrons. The van der Waals surface area contributed by atoms with Crippen LogP contribution in [0.1, 0.15) is 11.3 Å². The van der Waals surface area contributed by atoms with Gasteiger partial charge in [0.1, 0.15) is 5.57 Å². The summed E-state index contributed by atoms with van der Waals surface area (Å²) in [6.45, 7) is 3.66. The molecule has 0 unspecified atom stereocenters. The summed E-state index contributed by atoms with van der Waals surface area (Å²) in [5, 5.41) is 2.39. The third kappa shape index (κ3) is 3.74. The average Bonchev–Trinajstić information content (AvgIpc) is 3.10. The Labute approximate surface area is 163 Å². The van der Waals surface area contributed by atoms with Gasteiger partial charge in [0.15, 0.2) is 5.11 Å². The van der Waals surface area contributed by atoms with Crippen molar-refractivity contribution in [3.05, 3.63) is 72.1 Å². The highest BCUT2D eigenvalue weighted by Crippen LogP contribution is 2.31. The predicted molar refractivity (Wildman–Crippen MR) is 101 cm³/mol. The van der Waals surface area contributed by atoms with Crippen molar-refractivity contribution < 1.29 is 22.8 Å². The number of rotatable bonds is 4. The third-order valence-corrected chi connectivity index (χ3v) is 4.34. The number of carbonyl (C=O) groups excluding carboxylic acids is 2. The number of hydrogen-bond acceptors (Lipinski definition) is 3. The smallest absolute Gasteiger partial charge is 0.317 e. The lowest BCUT2D eigenvalue weighted by molar-refractivity contribution is -0.137. The Kier molecular flexibility index (Phi) is 5.19. The van der Waals surface area contributed by atoms with Crippen LogP contribution < -0.4 is 5.32 Å². The first-order chi connectivity index (χ1) is 13.2. The fourth-order valence-corrected chi connectivity index (χ4v) is 2.97. The van der Waals surface area contributed by atoms with Gasteiger partial charge in [0.2, 0.25) is 0 Å². The monoisotopic (exact) mass is 405 g/mol. The standard InChI is InChI=1S/C19H14F3N3O2S/c1-2-8-25-17(27)15(16(26)23-18(25)28)11-14-7-4-9-24(14)13-6-3-5-12(10-13)19(20,21)22/h2-7,9-11H,1,8H2,(H,23,26,28). The van der Waals surface area contributed by atoms with Crippen molar-refractivity contribution in [2.75, 3.05) is 6.54 Å². The molecular formula is C19H14F3N3O2S. The number of alkyl halides is 3. The van der Waals surface area contributed by atoms with Crippen molar-refractivity contribution in [3.8, 4) is 5.69 Å². The van der Waals surface area contributed by atoms with E-state index in [0.29, 0.717) is 5.69 Å². The molecule has 28 heavy (non-hydrogen) atoms. The fraction of sp³-hybridized carbons (Fsp3) is 0.105. The van der Waals surface area contributed by atoms with Crippen molar-refractivity contribution in [1.82, 2.24) is 14.8 Å². The Morgan fingerprint density at radius 2 is 1.93 bits per heavy atom. The minimum absolute atomic E-state index is 0.0275. The molecule has 0 radical (unpaired) electrons. The average molecular weight is 405 g/mol. The van der Waals surface area contributed by atoms with Crippen molar-refractivity contribution in [1.29, 1.82) is 0 Å². The molecule has 0 bridgehead atoms. The Hall–Kier alpha value is -3.20. The van der Waals surface area contributed by atoms with Gasteiger partial charge in [0.05, 0.1) is 5.56 Å². The zero-order valence-electron chi connectivity index (χ0n) is 14.4. The van der Waals surface area contributed by atoms with Gasteiger partial charge in [0.25, 0.3) is 11.8 Å². The Morgan fingerprint density at radius 3 is 2.61 bits per heavy atom. The second-order valence-electron chi connectivity index (χ2n) is 5.87. The molecule has 1 aliphatic heterocycles. The number of nitrogens with one attached hydrogen (secondary N) is 1. The molecule has 1 aliphatic rings. The minimum Gasteiger partial charge on any atom is -0.317 e. The van der Waals surface area contributed by atoms with E-state index in [4.69, 9.17) is 12.2 Å². The van der Waals surface area contributed by atoms with Crippen molar-refractivity contribution in [2.24, 2.45) is 0 Å². The molecule has 0 saturated carbocycles. The lowest BCUT2D eigenvalue weighted by Crippen LogP contribution is -2.53. The molecule has 3 rings (SSSR count). The van der Waals surface area contributed by atoms with Crippen LogP contribution in [-0.4, -0.2) is 32.9 Å². The van der Waals surface area contributed by atoms with Crippen molar-refractivity contribution in [2.45, 2.75) is 6.18 Å². The van der Waals surface area contributed by atoms with Crippen molar-refractivity contribution >= 4 is 35.2 Å². The molecule has 2 heterocycles. The van der Waals surface area contributed by atoms with Crippen LogP contribution >= 0.6 is 12.2 Å². The topological polar surface area (TPSA) is 54.3 Å². The molecule has 0 spiro atoms. The van der Waals surface area contributed by atoms with E-state index >= 15 is 0 Å². The number of carbonyl (C=O) groups is 2. The summed E-state index contributed by atoms with van der Waals surface area (Å²) in [5.74, 6) is -1.28. The fourth-order valence-electron chi connectivity index (χ4n) is 2.72. The highest BCUT2D eigenvalue weighted by Gasteiger charge is 2.33. The Bertz CT molecular complexity index is 1010. The molecule has 1 N–H and O–H groups in total. The number of nitrogens with zero attached hydrogens (tertiary/aromatic N) is 2. The van der Waals surface area contributed by atoms with E-state index in [0.717, 1.165) is 12.1 Å². The number of hydrogen-bond donors (Lipinski definition) is 1. The number of aromatic nitrogens is 1. The van der Waals surface area contributed by atoms with Gasteiger partial charge in [-0.15, -0.1) is 6.58 Å². The van der Waals surface area contributed by atoms with E-state index in [9.17, 15) is 22.8 Å². The van der Waals surface area contributed by atoms with Gasteiger partial charge in [-0.25, -0.2) is 0 Å². The van der Waals surface area contributed by atoms with Gasteiger partial charge >= 0.3 is 6.18 Å². The summed E-state index contributed by atoms with van der Waals surface area (Å²) in [5.41, 5.74) is -0.369. The number of halogens is 3. The number of thiocarbonyl (C=S) groups is 1. The molecule has 5 nitrogen and oxygen atoms in total. The highest BCUT2D eigenvalue weighted by atomic mass is 32.1. The van der Waals surface area contributed by atoms with Crippen LogP contribution in [0.2, 0.25) is 0 Å². The lowest BCUT2D eigenvalue weighted by atomic mass is 10.1. The molecule has 1 saturated heterocycles. The van der Waals surface area contributed by atoms with Gasteiger partial charge < -0.3 is 4.57 Å². The van der Waals surface area contributed by atoms with E-state index in [1.165, 1.54) is 33.8 Å². The Balaban J connectivity index is 2.02. The molecule has 1 fully saturated rings. The SMILES string of the molecule is C=CCN1C(=O)C(=Cc2cccn2-c2cccc(C(F)(F)F)c2)C(=O)NC1=S. The van der Waals surface area contributed by atoms with Gasteiger partial charge in [-0.3, -0.25) is 19.8 Å². The summed E-state index contributed by atoms with van der Waals surface area (Å²) >= 11 is 4.99. The van der Waals surface area contributed by atoms with Crippen LogP contribution in [0.3, 0.4) is 0 Å². The van der Waals surface area contributed by atoms with Crippen LogP contribution in [0.15, 0.2) is 60.8 Å². The Morgan fingerprint density at radius 1 is 1.18 bits per heavy atom. The normalized spacial score (nSPS) is 16.5. The summed E-state index contributed by atoms with van der Waals surface area (Å²) < 4.78 is 40.4. The van der Waals surface area contributed by atoms with E-state index in [1.54, 1.807) is 18.3 Å². The maximum atomic E-state index is 13.0. The first-order valence-corrected chi connectivity index (χ1v) is 8.48. The molecule has 2 amide bonds. The molecule has 1 aromatic carbocycles. The second-order valence-corrected chi connectivity index (χ2v) is 6.26. The molecule has 0 atom stereocenters. The van der Waals surface area contributed by atoms with Gasteiger partial charge in [-0.2, -0.15) is 13.2 Å². The van der Waals surface area contributed by atoms with Gasteiger partial charge in [0, 0.05) is 24.1 Å². The summed E-state index contributed by atoms with van der Waals surface area (Å²) in [4.78, 5) is 26.0. The van der Waals surface area contributed by atoms with Gasteiger partial charge in [-0.1, -0.05) is 12.1 Å². The van der Waals surface area contributed by atoms with E-state index < -0.39 is 23.6 Å². The third-order valence-electron chi connectivity index (χ3n) is 4.02. The lowest BCUT2D eigenvalue weighted by Gasteiger charge is -2.27. The van der Waals surface area contributed by atoms with Crippen LogP contribution in [0.5, 0.6) is 0 Å². The first-order valence-electron chi connectivity index (χ1n) is 8.07. The predicted octanol–water partition coefficient (Wildman–Crippen LogP) is 3.31. The maximum absolute atomic E-state index is 13.0. The summed E-state index contributed by atoms with van der Waals surface area (Å²) in [6, 6.07) is 7.93. The van der Waals surface area contributed by atoms with Crippen LogP contribution in [0.25, 0.3) is 11.8 Å². The first kappa shape index (κ1) is 19.6. The molecular weight excluding hydrogens is 391 g/mol.